The highest BCUT2D eigenvalue weighted by Crippen LogP contribution is 2.57. The van der Waals surface area contributed by atoms with Crippen molar-refractivity contribution in [1.82, 2.24) is 6.15 Å². The summed E-state index contributed by atoms with van der Waals surface area (Å²) in [6, 6.07) is 0. The smallest absolute Gasteiger partial charge is 0.369 e. The molecule has 5 nitrogen and oxygen atoms in total. The summed E-state index contributed by atoms with van der Waals surface area (Å²) in [7, 11) is -3.69. The van der Waals surface area contributed by atoms with E-state index < -0.39 is 13.4 Å². The number of quaternary nitrogens is 1. The molecule has 6 heteroatoms. The van der Waals surface area contributed by atoms with Crippen LogP contribution in [0.25, 0.3) is 0 Å². The van der Waals surface area contributed by atoms with Crippen LogP contribution in [0.15, 0.2) is 0 Å². The number of phosphoric acid groups is 1. The predicted molar refractivity (Wildman–Crippen MR) is 242 cm³/mol. The lowest BCUT2D eigenvalue weighted by Gasteiger charge is -2.42. The van der Waals surface area contributed by atoms with E-state index in [-0.39, 0.29) is 6.15 Å². The summed E-state index contributed by atoms with van der Waals surface area (Å²) in [6.45, 7) is 14.5. The second-order valence-electron chi connectivity index (χ2n) is 16.9. The third kappa shape index (κ3) is 33.1. The molecule has 4 N–H and O–H groups in total. The molecule has 0 rings (SSSR count). The topological polar surface area (TPSA) is 81.3 Å². The Morgan fingerprint density at radius 3 is 0.963 bits per heavy atom. The minimum atomic E-state index is -3.69. The molecule has 0 aromatic carbocycles. The van der Waals surface area contributed by atoms with Crippen molar-refractivity contribution in [1.29, 1.82) is 0 Å². The Balaban J connectivity index is 0. The van der Waals surface area contributed by atoms with Crippen LogP contribution in [0.3, 0.4) is 0 Å². The number of hydrogen-bond acceptors (Lipinski definition) is 4. The lowest BCUT2D eigenvalue weighted by atomic mass is 9.75. The van der Waals surface area contributed by atoms with Gasteiger partial charge in [-0.05, 0) is 38.0 Å². The van der Waals surface area contributed by atoms with Crippen LogP contribution in [0.5, 0.6) is 0 Å². The van der Waals surface area contributed by atoms with Gasteiger partial charge in [0.15, 0.2) is 0 Å². The van der Waals surface area contributed by atoms with Crippen molar-refractivity contribution in [3.8, 4) is 0 Å². The molecular weight excluding hydrogens is 686 g/mol. The maximum absolute atomic E-state index is 14.6. The second-order valence-corrected chi connectivity index (χ2v) is 18.5. The van der Waals surface area contributed by atoms with Crippen LogP contribution in [0, 0.1) is 5.92 Å². The minimum Gasteiger partial charge on any atom is -0.369 e. The Hall–Kier alpha value is 0.0700. The van der Waals surface area contributed by atoms with Gasteiger partial charge >= 0.3 is 7.82 Å². The molecule has 1 unspecified atom stereocenters. The average molecular weight is 789 g/mol. The summed E-state index contributed by atoms with van der Waals surface area (Å²) in [4.78, 5) is 0. The zero-order chi connectivity index (χ0) is 39.0. The van der Waals surface area contributed by atoms with Gasteiger partial charge in [-0.25, -0.2) is 4.57 Å². The molecule has 0 saturated heterocycles. The van der Waals surface area contributed by atoms with Crippen LogP contribution in [-0.4, -0.2) is 18.8 Å². The fraction of sp³-hybridized carbons (Fsp3) is 1.00. The molecule has 0 radical (unpaired) electrons. The summed E-state index contributed by atoms with van der Waals surface area (Å²) < 4.78 is 34.1. The SMILES string of the molecule is CCCCCCCCCCCCC(CC)C(CCCCCCCCCCCC)(CCCCCCCCCCCC)OP(=O)(OCCCC)OCCCC.[NH4+]. The van der Waals surface area contributed by atoms with Gasteiger partial charge in [0.1, 0.15) is 0 Å². The molecule has 0 bridgehead atoms. The molecule has 0 spiro atoms. The van der Waals surface area contributed by atoms with E-state index in [2.05, 4.69) is 41.5 Å². The Bertz CT molecular complexity index is 727. The molecule has 328 valence electrons. The first-order chi connectivity index (χ1) is 26.0. The van der Waals surface area contributed by atoms with Gasteiger partial charge in [-0.1, -0.05) is 253 Å². The summed E-state index contributed by atoms with van der Waals surface area (Å²) in [5, 5.41) is 0. The average Bonchev–Trinajstić information content (AvgIpc) is 3.15. The van der Waals surface area contributed by atoms with E-state index in [9.17, 15) is 4.57 Å². The van der Waals surface area contributed by atoms with Gasteiger partial charge in [0.25, 0.3) is 0 Å². The van der Waals surface area contributed by atoms with Gasteiger partial charge in [0.05, 0.1) is 18.8 Å². The molecule has 0 aromatic rings. The van der Waals surface area contributed by atoms with Crippen molar-refractivity contribution in [2.75, 3.05) is 13.2 Å². The highest BCUT2D eigenvalue weighted by atomic mass is 31.2. The molecule has 0 saturated carbocycles. The van der Waals surface area contributed by atoms with E-state index >= 15 is 0 Å². The van der Waals surface area contributed by atoms with Gasteiger partial charge in [-0.2, -0.15) is 0 Å². The Morgan fingerprint density at radius 2 is 0.667 bits per heavy atom. The van der Waals surface area contributed by atoms with Gasteiger partial charge in [0, 0.05) is 0 Å². The monoisotopic (exact) mass is 789 g/mol. The van der Waals surface area contributed by atoms with Crippen LogP contribution in [0.2, 0.25) is 0 Å². The standard InChI is InChI=1S/C48H99O4P.H3N/c1-7-13-18-21-24-27-30-33-36-39-42-47(12-6)48(43-40-37-34-31-28-25-22-19-14-8-2,44-41-38-35-32-29-26-23-20-15-9-3)52-53(49,50-45-16-10-4)51-46-17-11-5;/h47H,7-46H2,1-6H3;1H3/p+1. The minimum absolute atomic E-state index is 0. The molecule has 0 aliphatic heterocycles. The molecular formula is C48H103NO4P+. The van der Waals surface area contributed by atoms with Gasteiger partial charge in [0.2, 0.25) is 0 Å². The third-order valence-electron chi connectivity index (χ3n) is 11.8. The summed E-state index contributed by atoms with van der Waals surface area (Å²) in [5.74, 6) is 0.381. The fourth-order valence-corrected chi connectivity index (χ4v) is 9.86. The zero-order valence-electron chi connectivity index (χ0n) is 38.4. The Kier molecular flexibility index (Phi) is 44.4. The summed E-state index contributed by atoms with van der Waals surface area (Å²) in [5.41, 5.74) is -0.442. The first kappa shape index (κ1) is 56.2. The number of rotatable bonds is 45. The lowest BCUT2D eigenvalue weighted by molar-refractivity contribution is -0.0524. The zero-order valence-corrected chi connectivity index (χ0v) is 39.3. The quantitative estimate of drug-likeness (QED) is 0.0492. The highest BCUT2D eigenvalue weighted by molar-refractivity contribution is 7.48. The molecule has 0 fully saturated rings. The van der Waals surface area contributed by atoms with Crippen molar-refractivity contribution < 1.29 is 18.1 Å². The van der Waals surface area contributed by atoms with Crippen LogP contribution >= 0.6 is 7.82 Å². The van der Waals surface area contributed by atoms with E-state index in [4.69, 9.17) is 13.6 Å². The van der Waals surface area contributed by atoms with Gasteiger partial charge in [-0.15, -0.1) is 0 Å². The van der Waals surface area contributed by atoms with Crippen molar-refractivity contribution in [3.05, 3.63) is 0 Å². The van der Waals surface area contributed by atoms with Crippen molar-refractivity contribution >= 4 is 7.82 Å². The summed E-state index contributed by atoms with van der Waals surface area (Å²) >= 11 is 0. The largest absolute Gasteiger partial charge is 0.475 e. The van der Waals surface area contributed by atoms with Gasteiger partial charge in [-0.3, -0.25) is 13.6 Å². The summed E-state index contributed by atoms with van der Waals surface area (Å²) in [6.07, 6.45) is 48.1. The molecule has 0 heterocycles. The van der Waals surface area contributed by atoms with Crippen LogP contribution < -0.4 is 6.15 Å². The van der Waals surface area contributed by atoms with Crippen molar-refractivity contribution in [2.24, 2.45) is 5.92 Å². The molecule has 0 aliphatic rings. The first-order valence-electron chi connectivity index (χ1n) is 24.6. The maximum atomic E-state index is 14.6. The maximum Gasteiger partial charge on any atom is 0.475 e. The number of unbranched alkanes of at least 4 members (excludes halogenated alkanes) is 29. The second kappa shape index (κ2) is 42.7. The molecule has 0 aliphatic carbocycles. The third-order valence-corrected chi connectivity index (χ3v) is 13.4. The molecule has 0 amide bonds. The van der Waals surface area contributed by atoms with E-state index in [0.717, 1.165) is 64.2 Å². The molecule has 1 atom stereocenters. The van der Waals surface area contributed by atoms with Crippen LogP contribution in [0.1, 0.15) is 286 Å². The molecule has 54 heavy (non-hydrogen) atoms. The Morgan fingerprint density at radius 1 is 0.389 bits per heavy atom. The fourth-order valence-electron chi connectivity index (χ4n) is 8.19. The Labute approximate surface area is 341 Å². The highest BCUT2D eigenvalue weighted by Gasteiger charge is 2.45. The lowest BCUT2D eigenvalue weighted by Crippen LogP contribution is -2.41. The number of phosphoric ester groups is 1. The van der Waals surface area contributed by atoms with Crippen LogP contribution in [0.4, 0.5) is 0 Å². The molecule has 0 aromatic heterocycles. The van der Waals surface area contributed by atoms with E-state index in [1.165, 1.54) is 180 Å². The van der Waals surface area contributed by atoms with E-state index in [0.29, 0.717) is 19.1 Å². The van der Waals surface area contributed by atoms with E-state index in [1.54, 1.807) is 0 Å². The predicted octanol–water partition coefficient (Wildman–Crippen LogP) is 18.8. The van der Waals surface area contributed by atoms with Crippen LogP contribution in [-0.2, 0) is 18.1 Å². The first-order valence-corrected chi connectivity index (χ1v) is 26.0. The normalized spacial score (nSPS) is 12.7. The van der Waals surface area contributed by atoms with Crippen molar-refractivity contribution in [3.63, 3.8) is 0 Å². The number of hydrogen-bond donors (Lipinski definition) is 1. The van der Waals surface area contributed by atoms with Crippen molar-refractivity contribution in [2.45, 2.75) is 291 Å². The van der Waals surface area contributed by atoms with Gasteiger partial charge < -0.3 is 6.15 Å². The van der Waals surface area contributed by atoms with E-state index in [1.807, 2.05) is 0 Å².